The molecule has 0 radical (unpaired) electrons. The van der Waals surface area contributed by atoms with E-state index in [-0.39, 0.29) is 5.91 Å². The Morgan fingerprint density at radius 2 is 2.19 bits per heavy atom. The highest BCUT2D eigenvalue weighted by Gasteiger charge is 2.28. The van der Waals surface area contributed by atoms with Gasteiger partial charge in [0.25, 0.3) is 0 Å². The highest BCUT2D eigenvalue weighted by atomic mass is 32.2. The minimum Gasteiger partial charge on any atom is -0.352 e. The lowest BCUT2D eigenvalue weighted by molar-refractivity contribution is -0.120. The fraction of sp³-hybridized carbons (Fsp3) is 0.786. The van der Waals surface area contributed by atoms with Crippen molar-refractivity contribution in [1.29, 1.82) is 0 Å². The fourth-order valence-corrected chi connectivity index (χ4v) is 3.55. The Bertz CT molecular complexity index is 490. The smallest absolute Gasteiger partial charge is 0.230 e. The van der Waals surface area contributed by atoms with Gasteiger partial charge in [-0.05, 0) is 18.3 Å². The average Bonchev–Trinajstić information content (AvgIpc) is 2.82. The molecule has 1 heterocycles. The first kappa shape index (κ1) is 16.3. The Morgan fingerprint density at radius 3 is 2.86 bits per heavy atom. The van der Waals surface area contributed by atoms with Crippen LogP contribution in [0.1, 0.15) is 38.9 Å². The molecule has 3 atom stereocenters. The van der Waals surface area contributed by atoms with Gasteiger partial charge in [-0.25, -0.2) is 0 Å². The molecular formula is C14H25N5OS. The Morgan fingerprint density at radius 1 is 1.43 bits per heavy atom. The predicted octanol–water partition coefficient (Wildman–Crippen LogP) is 1.31. The van der Waals surface area contributed by atoms with Gasteiger partial charge >= 0.3 is 0 Å². The number of hydrogen-bond donors (Lipinski definition) is 2. The number of nitrogens with one attached hydrogen (secondary N) is 1. The lowest BCUT2D eigenvalue weighted by Crippen LogP contribution is -2.44. The van der Waals surface area contributed by atoms with Crippen LogP contribution >= 0.6 is 11.8 Å². The normalized spacial score (nSPS) is 25.8. The first-order valence-electron chi connectivity index (χ1n) is 7.53. The quantitative estimate of drug-likeness (QED) is 0.801. The molecule has 1 saturated carbocycles. The minimum atomic E-state index is 0.0725. The molecule has 1 aliphatic carbocycles. The molecule has 1 aliphatic rings. The number of hydrogen-bond acceptors (Lipinski definition) is 5. The Hall–Kier alpha value is -1.08. The largest absolute Gasteiger partial charge is 0.352 e. The van der Waals surface area contributed by atoms with E-state index in [1.165, 1.54) is 24.6 Å². The molecule has 1 amide bonds. The summed E-state index contributed by atoms with van der Waals surface area (Å²) >= 11 is 1.40. The van der Waals surface area contributed by atoms with Gasteiger partial charge < -0.3 is 15.6 Å². The van der Waals surface area contributed by atoms with Crippen molar-refractivity contribution in [2.75, 3.05) is 5.75 Å². The lowest BCUT2D eigenvalue weighted by atomic mass is 9.78. The molecule has 7 heteroatoms. The number of amides is 1. The van der Waals surface area contributed by atoms with E-state index in [0.717, 1.165) is 17.4 Å². The SMILES string of the molecule is CC1CCCC(NC(=O)CSc2nnc(CN)n2C)C1C. The van der Waals surface area contributed by atoms with Crippen molar-refractivity contribution in [2.45, 2.75) is 50.9 Å². The second-order valence-corrected chi connectivity index (χ2v) is 6.83. The molecule has 0 saturated heterocycles. The maximum absolute atomic E-state index is 12.1. The van der Waals surface area contributed by atoms with Gasteiger partial charge in [0, 0.05) is 13.1 Å². The first-order valence-corrected chi connectivity index (χ1v) is 8.52. The topological polar surface area (TPSA) is 85.8 Å². The summed E-state index contributed by atoms with van der Waals surface area (Å²) in [6.07, 6.45) is 3.55. The Labute approximate surface area is 130 Å². The molecule has 118 valence electrons. The summed E-state index contributed by atoms with van der Waals surface area (Å²) in [6, 6.07) is 0.306. The monoisotopic (exact) mass is 311 g/mol. The number of aromatic nitrogens is 3. The first-order chi connectivity index (χ1) is 10.0. The van der Waals surface area contributed by atoms with E-state index in [4.69, 9.17) is 5.73 Å². The van der Waals surface area contributed by atoms with Crippen molar-refractivity contribution in [2.24, 2.45) is 24.6 Å². The van der Waals surface area contributed by atoms with Crippen LogP contribution in [0, 0.1) is 11.8 Å². The van der Waals surface area contributed by atoms with Crippen LogP contribution in [0.2, 0.25) is 0 Å². The number of nitrogens with two attached hydrogens (primary N) is 1. The molecule has 21 heavy (non-hydrogen) atoms. The van der Waals surface area contributed by atoms with Crippen molar-refractivity contribution < 1.29 is 4.79 Å². The third-order valence-electron chi connectivity index (χ3n) is 4.49. The number of nitrogens with zero attached hydrogens (tertiary/aromatic N) is 3. The predicted molar refractivity (Wildman–Crippen MR) is 83.7 cm³/mol. The summed E-state index contributed by atoms with van der Waals surface area (Å²) in [7, 11) is 1.87. The van der Waals surface area contributed by atoms with Gasteiger partial charge in [0.2, 0.25) is 5.91 Å². The van der Waals surface area contributed by atoms with Gasteiger partial charge in [-0.1, -0.05) is 38.5 Å². The van der Waals surface area contributed by atoms with E-state index in [2.05, 4.69) is 29.4 Å². The third kappa shape index (κ3) is 3.97. The highest BCUT2D eigenvalue weighted by Crippen LogP contribution is 2.29. The number of rotatable bonds is 5. The number of carbonyl (C=O) groups is 1. The van der Waals surface area contributed by atoms with Crippen molar-refractivity contribution in [3.63, 3.8) is 0 Å². The molecule has 0 aliphatic heterocycles. The summed E-state index contributed by atoms with van der Waals surface area (Å²) in [5.74, 6) is 2.40. The number of carbonyl (C=O) groups excluding carboxylic acids is 1. The van der Waals surface area contributed by atoms with E-state index in [1.54, 1.807) is 0 Å². The Kier molecular flexibility index (Phi) is 5.64. The van der Waals surface area contributed by atoms with Crippen LogP contribution in [-0.2, 0) is 18.4 Å². The van der Waals surface area contributed by atoms with E-state index >= 15 is 0 Å². The van der Waals surface area contributed by atoms with Crippen LogP contribution in [0.3, 0.4) is 0 Å². The summed E-state index contributed by atoms with van der Waals surface area (Å²) in [5, 5.41) is 11.9. The zero-order valence-electron chi connectivity index (χ0n) is 13.0. The van der Waals surface area contributed by atoms with Crippen LogP contribution in [-0.4, -0.2) is 32.5 Å². The molecule has 0 aromatic carbocycles. The molecule has 3 unspecified atom stereocenters. The van der Waals surface area contributed by atoms with Crippen molar-refractivity contribution in [3.05, 3.63) is 5.82 Å². The van der Waals surface area contributed by atoms with Gasteiger partial charge in [-0.2, -0.15) is 0 Å². The second-order valence-electron chi connectivity index (χ2n) is 5.89. The van der Waals surface area contributed by atoms with Crippen LogP contribution in [0.15, 0.2) is 5.16 Å². The third-order valence-corrected chi connectivity index (χ3v) is 5.51. The molecule has 3 N–H and O–H groups in total. The van der Waals surface area contributed by atoms with Gasteiger partial charge in [0.05, 0.1) is 12.3 Å². The maximum atomic E-state index is 12.1. The van der Waals surface area contributed by atoms with Crippen molar-refractivity contribution in [1.82, 2.24) is 20.1 Å². The van der Waals surface area contributed by atoms with E-state index in [1.807, 2.05) is 11.6 Å². The summed E-state index contributed by atoms with van der Waals surface area (Å²) in [5.41, 5.74) is 5.56. The van der Waals surface area contributed by atoms with Gasteiger partial charge in [0.1, 0.15) is 5.82 Å². The van der Waals surface area contributed by atoms with Crippen LogP contribution in [0.5, 0.6) is 0 Å². The highest BCUT2D eigenvalue weighted by molar-refractivity contribution is 7.99. The fourth-order valence-electron chi connectivity index (χ4n) is 2.81. The standard InChI is InChI=1S/C14H25N5OS/c1-9-5-4-6-11(10(9)2)16-13(20)8-21-14-18-17-12(7-15)19(14)3/h9-11H,4-8,15H2,1-3H3,(H,16,20). The zero-order chi connectivity index (χ0) is 15.4. The molecule has 0 bridgehead atoms. The summed E-state index contributed by atoms with van der Waals surface area (Å²) < 4.78 is 1.84. The van der Waals surface area contributed by atoms with Gasteiger partial charge in [-0.15, -0.1) is 10.2 Å². The molecule has 6 nitrogen and oxygen atoms in total. The van der Waals surface area contributed by atoms with E-state index < -0.39 is 0 Å². The number of thioether (sulfide) groups is 1. The Balaban J connectivity index is 1.83. The van der Waals surface area contributed by atoms with Crippen molar-refractivity contribution >= 4 is 17.7 Å². The van der Waals surface area contributed by atoms with Crippen LogP contribution in [0.4, 0.5) is 0 Å². The maximum Gasteiger partial charge on any atom is 0.230 e. The summed E-state index contributed by atoms with van der Waals surface area (Å²) in [4.78, 5) is 12.1. The molecule has 1 aromatic heterocycles. The zero-order valence-corrected chi connectivity index (χ0v) is 13.8. The second kappa shape index (κ2) is 7.26. The molecular weight excluding hydrogens is 286 g/mol. The molecule has 1 aromatic rings. The molecule has 1 fully saturated rings. The van der Waals surface area contributed by atoms with Crippen LogP contribution < -0.4 is 11.1 Å². The van der Waals surface area contributed by atoms with Gasteiger partial charge in [0.15, 0.2) is 5.16 Å². The summed E-state index contributed by atoms with van der Waals surface area (Å²) in [6.45, 7) is 4.86. The van der Waals surface area contributed by atoms with Crippen LogP contribution in [0.25, 0.3) is 0 Å². The minimum absolute atomic E-state index is 0.0725. The molecule has 0 spiro atoms. The average molecular weight is 311 g/mol. The van der Waals surface area contributed by atoms with Gasteiger partial charge in [-0.3, -0.25) is 4.79 Å². The lowest BCUT2D eigenvalue weighted by Gasteiger charge is -2.34. The van der Waals surface area contributed by atoms with Crippen molar-refractivity contribution in [3.8, 4) is 0 Å². The van der Waals surface area contributed by atoms with E-state index in [0.29, 0.717) is 30.2 Å². The van der Waals surface area contributed by atoms with E-state index in [9.17, 15) is 4.79 Å². The molecule has 2 rings (SSSR count).